The van der Waals surface area contributed by atoms with E-state index in [4.69, 9.17) is 4.74 Å². The molecule has 1 aliphatic heterocycles. The average Bonchev–Trinajstić information content (AvgIpc) is 3.29. The molecule has 3 aromatic rings. The lowest BCUT2D eigenvalue weighted by atomic mass is 10.1. The summed E-state index contributed by atoms with van der Waals surface area (Å²) in [5.41, 5.74) is 5.69. The van der Waals surface area contributed by atoms with Gasteiger partial charge in [-0.1, -0.05) is 6.07 Å². The molecular formula is C19H20N6O. The number of hydrogen-bond acceptors (Lipinski definition) is 6. The second-order valence-electron chi connectivity index (χ2n) is 6.24. The number of aromatic amines is 1. The van der Waals surface area contributed by atoms with Gasteiger partial charge in [0.1, 0.15) is 6.61 Å². The molecule has 4 heterocycles. The molecule has 0 unspecified atom stereocenters. The molecule has 0 atom stereocenters. The van der Waals surface area contributed by atoms with Crippen LogP contribution in [0.5, 0.6) is 5.88 Å². The molecule has 4 rings (SSSR count). The predicted molar refractivity (Wildman–Crippen MR) is 99.1 cm³/mol. The number of H-pyrrole nitrogens is 1. The van der Waals surface area contributed by atoms with Crippen molar-refractivity contribution in [1.29, 1.82) is 0 Å². The lowest BCUT2D eigenvalue weighted by molar-refractivity contribution is 0.331. The van der Waals surface area contributed by atoms with Gasteiger partial charge in [0, 0.05) is 36.8 Å². The summed E-state index contributed by atoms with van der Waals surface area (Å²) in [6, 6.07) is 9.79. The molecule has 7 nitrogen and oxygen atoms in total. The minimum absolute atomic E-state index is 0.457. The van der Waals surface area contributed by atoms with Gasteiger partial charge < -0.3 is 15.0 Å². The zero-order valence-electron chi connectivity index (χ0n) is 14.7. The quantitative estimate of drug-likeness (QED) is 0.738. The number of nitrogens with zero attached hydrogens (tertiary/aromatic N) is 4. The van der Waals surface area contributed by atoms with E-state index in [2.05, 4.69) is 30.4 Å². The molecule has 0 aromatic carbocycles. The van der Waals surface area contributed by atoms with Crippen LogP contribution in [0.1, 0.15) is 5.69 Å². The van der Waals surface area contributed by atoms with Gasteiger partial charge >= 0.3 is 0 Å². The first-order chi connectivity index (χ1) is 12.7. The van der Waals surface area contributed by atoms with Gasteiger partial charge in [0.25, 0.3) is 0 Å². The molecule has 0 radical (unpaired) electrons. The Morgan fingerprint density at radius 2 is 2.19 bits per heavy atom. The third-order valence-electron chi connectivity index (χ3n) is 4.14. The highest BCUT2D eigenvalue weighted by molar-refractivity contribution is 5.78. The fraction of sp³-hybridized carbons (Fsp3) is 0.211. The number of rotatable bonds is 5. The highest BCUT2D eigenvalue weighted by Crippen LogP contribution is 2.30. The summed E-state index contributed by atoms with van der Waals surface area (Å²) < 4.78 is 5.83. The third-order valence-corrected chi connectivity index (χ3v) is 4.14. The summed E-state index contributed by atoms with van der Waals surface area (Å²) in [7, 11) is 2.01. The van der Waals surface area contributed by atoms with E-state index >= 15 is 0 Å². The molecule has 0 amide bonds. The van der Waals surface area contributed by atoms with E-state index in [0.29, 0.717) is 12.5 Å². The summed E-state index contributed by atoms with van der Waals surface area (Å²) in [4.78, 5) is 11.0. The van der Waals surface area contributed by atoms with Crippen molar-refractivity contribution < 1.29 is 4.74 Å². The van der Waals surface area contributed by atoms with Crippen LogP contribution in [0.15, 0.2) is 54.6 Å². The zero-order valence-corrected chi connectivity index (χ0v) is 14.7. The van der Waals surface area contributed by atoms with Crippen LogP contribution < -0.4 is 10.1 Å². The van der Waals surface area contributed by atoms with Crippen LogP contribution in [0, 0.1) is 6.92 Å². The number of nitrogens with one attached hydrogen (secondary N) is 2. The van der Waals surface area contributed by atoms with E-state index in [0.717, 1.165) is 40.6 Å². The second-order valence-corrected chi connectivity index (χ2v) is 6.24. The van der Waals surface area contributed by atoms with Crippen molar-refractivity contribution in [2.75, 3.05) is 20.3 Å². The normalized spacial score (nSPS) is 13.5. The molecule has 3 aromatic heterocycles. The Labute approximate surface area is 151 Å². The van der Waals surface area contributed by atoms with Gasteiger partial charge in [-0.15, -0.1) is 0 Å². The van der Waals surface area contributed by atoms with Crippen molar-refractivity contribution >= 4 is 0 Å². The molecule has 2 N–H and O–H groups in total. The summed E-state index contributed by atoms with van der Waals surface area (Å²) in [5, 5.41) is 10.5. The van der Waals surface area contributed by atoms with E-state index in [1.807, 2.05) is 50.5 Å². The van der Waals surface area contributed by atoms with Gasteiger partial charge in [-0.05, 0) is 30.7 Å². The topological polar surface area (TPSA) is 79.0 Å². The summed E-state index contributed by atoms with van der Waals surface area (Å²) in [5.74, 6) is 0.573. The maximum Gasteiger partial charge on any atom is 0.214 e. The fourth-order valence-electron chi connectivity index (χ4n) is 2.86. The van der Waals surface area contributed by atoms with Gasteiger partial charge in [0.15, 0.2) is 0 Å². The molecular weight excluding hydrogens is 328 g/mol. The number of aromatic nitrogens is 4. The first kappa shape index (κ1) is 16.1. The Hall–Kier alpha value is -3.35. The van der Waals surface area contributed by atoms with Crippen molar-refractivity contribution in [1.82, 2.24) is 30.4 Å². The molecule has 7 heteroatoms. The van der Waals surface area contributed by atoms with E-state index < -0.39 is 0 Å². The van der Waals surface area contributed by atoms with Crippen molar-refractivity contribution in [3.63, 3.8) is 0 Å². The zero-order chi connectivity index (χ0) is 17.9. The van der Waals surface area contributed by atoms with Gasteiger partial charge in [-0.3, -0.25) is 10.1 Å². The van der Waals surface area contributed by atoms with E-state index in [-0.39, 0.29) is 0 Å². The van der Waals surface area contributed by atoms with Crippen LogP contribution in [-0.4, -0.2) is 45.4 Å². The SMILES string of the molecule is Cc1cccc(-c2[nH]ncc2-c2ccnc(OCC3=CN(C)CN3)c2)n1. The predicted octanol–water partition coefficient (Wildman–Crippen LogP) is 2.55. The first-order valence-corrected chi connectivity index (χ1v) is 8.40. The molecule has 0 spiro atoms. The summed E-state index contributed by atoms with van der Waals surface area (Å²) >= 11 is 0. The molecule has 132 valence electrons. The molecule has 26 heavy (non-hydrogen) atoms. The Morgan fingerprint density at radius 1 is 1.27 bits per heavy atom. The van der Waals surface area contributed by atoms with Crippen LogP contribution in [-0.2, 0) is 0 Å². The Morgan fingerprint density at radius 3 is 3.00 bits per heavy atom. The van der Waals surface area contributed by atoms with Gasteiger partial charge in [-0.25, -0.2) is 4.98 Å². The smallest absolute Gasteiger partial charge is 0.214 e. The number of ether oxygens (including phenoxy) is 1. The lowest BCUT2D eigenvalue weighted by Gasteiger charge is -2.08. The van der Waals surface area contributed by atoms with E-state index in [1.54, 1.807) is 12.4 Å². The molecule has 0 saturated carbocycles. The third kappa shape index (κ3) is 3.37. The van der Waals surface area contributed by atoms with Gasteiger partial charge in [0.05, 0.1) is 30.0 Å². The number of hydrogen-bond donors (Lipinski definition) is 2. The minimum atomic E-state index is 0.457. The van der Waals surface area contributed by atoms with Crippen LogP contribution in [0.4, 0.5) is 0 Å². The van der Waals surface area contributed by atoms with Crippen LogP contribution in [0.25, 0.3) is 22.5 Å². The van der Waals surface area contributed by atoms with Crippen LogP contribution in [0.2, 0.25) is 0 Å². The largest absolute Gasteiger partial charge is 0.471 e. The molecule has 0 bridgehead atoms. The molecule has 0 saturated heterocycles. The summed E-state index contributed by atoms with van der Waals surface area (Å²) in [6.07, 6.45) is 5.57. The highest BCUT2D eigenvalue weighted by Gasteiger charge is 2.13. The highest BCUT2D eigenvalue weighted by atomic mass is 16.5. The maximum absolute atomic E-state index is 5.83. The standard InChI is InChI=1S/C19H20N6O/c1-13-4-3-5-17(23-13)19-16(9-22-24-19)14-6-7-20-18(8-14)26-11-15-10-25(2)12-21-15/h3-10,21H,11-12H2,1-2H3,(H,22,24). The lowest BCUT2D eigenvalue weighted by Crippen LogP contribution is -2.19. The van der Waals surface area contributed by atoms with Crippen molar-refractivity contribution in [3.05, 3.63) is 60.3 Å². The van der Waals surface area contributed by atoms with Gasteiger partial charge in [0.2, 0.25) is 5.88 Å². The van der Waals surface area contributed by atoms with Crippen molar-refractivity contribution in [3.8, 4) is 28.4 Å². The number of pyridine rings is 2. The molecule has 0 aliphatic carbocycles. The summed E-state index contributed by atoms with van der Waals surface area (Å²) in [6.45, 7) is 3.23. The molecule has 0 fully saturated rings. The molecule has 1 aliphatic rings. The number of aryl methyl sites for hydroxylation is 1. The van der Waals surface area contributed by atoms with Crippen LogP contribution in [0.3, 0.4) is 0 Å². The Kier molecular flexibility index (Phi) is 4.27. The fourth-order valence-corrected chi connectivity index (χ4v) is 2.86. The Balaban J connectivity index is 1.58. The minimum Gasteiger partial charge on any atom is -0.471 e. The second kappa shape index (κ2) is 6.87. The Bertz CT molecular complexity index is 948. The monoisotopic (exact) mass is 348 g/mol. The van der Waals surface area contributed by atoms with Crippen molar-refractivity contribution in [2.24, 2.45) is 0 Å². The van der Waals surface area contributed by atoms with Crippen LogP contribution >= 0.6 is 0 Å². The first-order valence-electron chi connectivity index (χ1n) is 8.40. The maximum atomic E-state index is 5.83. The van der Waals surface area contributed by atoms with Gasteiger partial charge in [-0.2, -0.15) is 5.10 Å². The average molecular weight is 348 g/mol. The van der Waals surface area contributed by atoms with E-state index in [1.165, 1.54) is 0 Å². The van der Waals surface area contributed by atoms with E-state index in [9.17, 15) is 0 Å². The van der Waals surface area contributed by atoms with Crippen molar-refractivity contribution in [2.45, 2.75) is 6.92 Å².